The highest BCUT2D eigenvalue weighted by atomic mass is 35.5. The van der Waals surface area contributed by atoms with Crippen LogP contribution < -0.4 is 10.3 Å². The number of carbonyl (C=O) groups is 1. The number of rotatable bonds is 4. The molecule has 3 aromatic rings. The number of sulfonamides is 1. The molecule has 9 heteroatoms. The lowest BCUT2D eigenvalue weighted by Crippen LogP contribution is -2.41. The van der Waals surface area contributed by atoms with E-state index in [2.05, 4.69) is 5.43 Å². The SMILES string of the molecule is O=C(NNS(=O)(=O)c1cccc(F)c1)c1sc2ccccc2c1Cl. The van der Waals surface area contributed by atoms with Gasteiger partial charge in [0.15, 0.2) is 0 Å². The van der Waals surface area contributed by atoms with Crippen molar-refractivity contribution in [2.75, 3.05) is 0 Å². The van der Waals surface area contributed by atoms with Gasteiger partial charge in [0.1, 0.15) is 10.7 Å². The van der Waals surface area contributed by atoms with E-state index in [0.717, 1.165) is 28.2 Å². The Balaban J connectivity index is 1.81. The van der Waals surface area contributed by atoms with Gasteiger partial charge >= 0.3 is 0 Å². The summed E-state index contributed by atoms with van der Waals surface area (Å²) in [6.07, 6.45) is 0. The van der Waals surface area contributed by atoms with Crippen molar-refractivity contribution in [3.8, 4) is 0 Å². The van der Waals surface area contributed by atoms with Gasteiger partial charge in [0, 0.05) is 10.1 Å². The van der Waals surface area contributed by atoms with Crippen LogP contribution in [0.1, 0.15) is 9.67 Å². The Kier molecular flexibility index (Phi) is 4.55. The summed E-state index contributed by atoms with van der Waals surface area (Å²) in [4.78, 5) is 14.0. The van der Waals surface area contributed by atoms with Crippen LogP contribution in [-0.4, -0.2) is 14.3 Å². The van der Waals surface area contributed by atoms with E-state index in [9.17, 15) is 17.6 Å². The van der Waals surface area contributed by atoms with E-state index in [4.69, 9.17) is 11.6 Å². The van der Waals surface area contributed by atoms with Crippen LogP contribution in [0.25, 0.3) is 10.1 Å². The molecule has 0 spiro atoms. The van der Waals surface area contributed by atoms with E-state index in [1.807, 2.05) is 10.9 Å². The Morgan fingerprint density at radius 3 is 2.58 bits per heavy atom. The Morgan fingerprint density at radius 1 is 1.12 bits per heavy atom. The average Bonchev–Trinajstić information content (AvgIpc) is 2.90. The van der Waals surface area contributed by atoms with E-state index < -0.39 is 21.7 Å². The molecule has 124 valence electrons. The monoisotopic (exact) mass is 384 g/mol. The second kappa shape index (κ2) is 6.48. The zero-order valence-electron chi connectivity index (χ0n) is 11.9. The van der Waals surface area contributed by atoms with Crippen LogP contribution in [0, 0.1) is 5.82 Å². The van der Waals surface area contributed by atoms with Crippen LogP contribution in [0.3, 0.4) is 0 Å². The number of amides is 1. The van der Waals surface area contributed by atoms with Gasteiger partial charge < -0.3 is 0 Å². The maximum atomic E-state index is 13.1. The van der Waals surface area contributed by atoms with E-state index in [0.29, 0.717) is 5.39 Å². The predicted octanol–water partition coefficient (Wildman–Crippen LogP) is 3.32. The van der Waals surface area contributed by atoms with Crippen molar-refractivity contribution in [2.24, 2.45) is 0 Å². The Bertz CT molecular complexity index is 1030. The van der Waals surface area contributed by atoms with Gasteiger partial charge in [0.25, 0.3) is 15.9 Å². The van der Waals surface area contributed by atoms with Crippen LogP contribution in [0.15, 0.2) is 53.4 Å². The standard InChI is InChI=1S/C15H10ClFN2O3S2/c16-13-11-6-1-2-7-12(11)23-14(13)15(20)18-19-24(21,22)10-5-3-4-9(17)8-10/h1-8,19H,(H,18,20). The van der Waals surface area contributed by atoms with E-state index in [1.54, 1.807) is 18.2 Å². The number of hydrogen-bond donors (Lipinski definition) is 2. The zero-order valence-corrected chi connectivity index (χ0v) is 14.3. The predicted molar refractivity (Wildman–Crippen MR) is 91.0 cm³/mol. The van der Waals surface area contributed by atoms with E-state index in [-0.39, 0.29) is 14.8 Å². The van der Waals surface area contributed by atoms with Gasteiger partial charge in [0.05, 0.1) is 9.92 Å². The first-order chi connectivity index (χ1) is 11.4. The molecular weight excluding hydrogens is 375 g/mol. The van der Waals surface area contributed by atoms with Crippen LogP contribution >= 0.6 is 22.9 Å². The third kappa shape index (κ3) is 3.27. The fourth-order valence-electron chi connectivity index (χ4n) is 2.02. The molecule has 1 aromatic heterocycles. The molecule has 2 aromatic carbocycles. The van der Waals surface area contributed by atoms with Crippen molar-refractivity contribution in [1.82, 2.24) is 10.3 Å². The molecular formula is C15H10ClFN2O3S2. The molecule has 3 rings (SSSR count). The van der Waals surface area contributed by atoms with Crippen molar-refractivity contribution in [3.05, 3.63) is 64.2 Å². The highest BCUT2D eigenvalue weighted by Crippen LogP contribution is 2.34. The van der Waals surface area contributed by atoms with Crippen molar-refractivity contribution in [3.63, 3.8) is 0 Å². The first-order valence-electron chi connectivity index (χ1n) is 6.63. The average molecular weight is 385 g/mol. The van der Waals surface area contributed by atoms with Gasteiger partial charge in [-0.3, -0.25) is 10.2 Å². The molecule has 0 atom stereocenters. The number of fused-ring (bicyclic) bond motifs is 1. The maximum absolute atomic E-state index is 13.1. The molecule has 0 fully saturated rings. The summed E-state index contributed by atoms with van der Waals surface area (Å²) in [5.41, 5.74) is 2.09. The van der Waals surface area contributed by atoms with Crippen molar-refractivity contribution >= 4 is 49.0 Å². The molecule has 0 saturated carbocycles. The molecule has 0 unspecified atom stereocenters. The van der Waals surface area contributed by atoms with Crippen molar-refractivity contribution in [1.29, 1.82) is 0 Å². The summed E-state index contributed by atoms with van der Waals surface area (Å²) in [6.45, 7) is 0. The van der Waals surface area contributed by atoms with Crippen LogP contribution in [-0.2, 0) is 10.0 Å². The zero-order chi connectivity index (χ0) is 17.3. The summed E-state index contributed by atoms with van der Waals surface area (Å²) in [5.74, 6) is -1.39. The molecule has 0 aliphatic heterocycles. The highest BCUT2D eigenvalue weighted by molar-refractivity contribution is 7.89. The van der Waals surface area contributed by atoms with Gasteiger partial charge in [-0.05, 0) is 24.3 Å². The third-order valence-electron chi connectivity index (χ3n) is 3.15. The van der Waals surface area contributed by atoms with Crippen molar-refractivity contribution in [2.45, 2.75) is 4.90 Å². The number of carbonyl (C=O) groups excluding carboxylic acids is 1. The first-order valence-corrected chi connectivity index (χ1v) is 9.31. The Morgan fingerprint density at radius 2 is 1.88 bits per heavy atom. The fraction of sp³-hybridized carbons (Fsp3) is 0. The highest BCUT2D eigenvalue weighted by Gasteiger charge is 2.20. The third-order valence-corrected chi connectivity index (χ3v) is 6.07. The van der Waals surface area contributed by atoms with E-state index >= 15 is 0 Å². The minimum absolute atomic E-state index is 0.180. The Labute approximate surface area is 146 Å². The van der Waals surface area contributed by atoms with Crippen LogP contribution in [0.5, 0.6) is 0 Å². The summed E-state index contributed by atoms with van der Waals surface area (Å²) >= 11 is 7.30. The summed E-state index contributed by atoms with van der Waals surface area (Å²) < 4.78 is 38.1. The molecule has 0 radical (unpaired) electrons. The number of halogens is 2. The van der Waals surface area contributed by atoms with Gasteiger partial charge in [-0.15, -0.1) is 16.2 Å². The molecule has 0 bridgehead atoms. The lowest BCUT2D eigenvalue weighted by atomic mass is 10.2. The molecule has 0 aliphatic rings. The van der Waals surface area contributed by atoms with Gasteiger partial charge in [0.2, 0.25) is 0 Å². The molecule has 24 heavy (non-hydrogen) atoms. The van der Waals surface area contributed by atoms with Gasteiger partial charge in [-0.2, -0.15) is 0 Å². The fourth-order valence-corrected chi connectivity index (χ4v) is 4.31. The molecule has 2 N–H and O–H groups in total. The number of nitrogens with one attached hydrogen (secondary N) is 2. The summed E-state index contributed by atoms with van der Waals surface area (Å²) in [7, 11) is -4.09. The molecule has 1 amide bonds. The quantitative estimate of drug-likeness (QED) is 0.677. The van der Waals surface area contributed by atoms with Crippen LogP contribution in [0.2, 0.25) is 5.02 Å². The van der Waals surface area contributed by atoms with Crippen molar-refractivity contribution < 1.29 is 17.6 Å². The summed E-state index contributed by atoms with van der Waals surface area (Å²) in [6, 6.07) is 11.6. The number of thiophene rings is 1. The normalized spacial score (nSPS) is 11.6. The minimum Gasteiger partial charge on any atom is -0.273 e. The number of benzene rings is 2. The second-order valence-corrected chi connectivity index (χ2v) is 7.87. The van der Waals surface area contributed by atoms with Gasteiger partial charge in [-0.25, -0.2) is 12.8 Å². The summed E-state index contributed by atoms with van der Waals surface area (Å²) in [5, 5.41) is 0.959. The number of hydrazine groups is 1. The molecule has 5 nitrogen and oxygen atoms in total. The lowest BCUT2D eigenvalue weighted by molar-refractivity contribution is 0.0949. The minimum atomic E-state index is -4.09. The second-order valence-electron chi connectivity index (χ2n) is 4.76. The number of hydrogen-bond acceptors (Lipinski definition) is 4. The topological polar surface area (TPSA) is 75.3 Å². The molecule has 0 aliphatic carbocycles. The van der Waals surface area contributed by atoms with E-state index in [1.165, 1.54) is 12.1 Å². The van der Waals surface area contributed by atoms with Gasteiger partial charge in [-0.1, -0.05) is 35.9 Å². The van der Waals surface area contributed by atoms with Crippen LogP contribution in [0.4, 0.5) is 4.39 Å². The lowest BCUT2D eigenvalue weighted by Gasteiger charge is -2.07. The smallest absolute Gasteiger partial charge is 0.273 e. The Hall–Kier alpha value is -2.00. The maximum Gasteiger partial charge on any atom is 0.277 e. The molecule has 0 saturated heterocycles. The molecule has 1 heterocycles. The largest absolute Gasteiger partial charge is 0.277 e. The first kappa shape index (κ1) is 16.8.